The van der Waals surface area contributed by atoms with Crippen molar-refractivity contribution in [1.29, 1.82) is 0 Å². The monoisotopic (exact) mass is 321 g/mol. The average Bonchev–Trinajstić information content (AvgIpc) is 2.63. The SMILES string of the molecule is O=C(CN1CCC(=Cc2ccccc2)CC1)NCc1cccnc1. The van der Waals surface area contributed by atoms with Gasteiger partial charge in [-0.3, -0.25) is 14.7 Å². The van der Waals surface area contributed by atoms with Crippen molar-refractivity contribution < 1.29 is 4.79 Å². The van der Waals surface area contributed by atoms with E-state index in [1.54, 1.807) is 12.4 Å². The average molecular weight is 321 g/mol. The van der Waals surface area contributed by atoms with Crippen molar-refractivity contribution in [2.24, 2.45) is 0 Å². The molecule has 0 bridgehead atoms. The predicted octanol–water partition coefficient (Wildman–Crippen LogP) is 2.88. The molecule has 0 atom stereocenters. The Morgan fingerprint density at radius 2 is 1.92 bits per heavy atom. The summed E-state index contributed by atoms with van der Waals surface area (Å²) in [4.78, 5) is 18.3. The normalized spacial score (nSPS) is 15.1. The lowest BCUT2D eigenvalue weighted by Gasteiger charge is -2.27. The molecule has 0 spiro atoms. The Morgan fingerprint density at radius 3 is 2.62 bits per heavy atom. The fourth-order valence-corrected chi connectivity index (χ4v) is 2.89. The summed E-state index contributed by atoms with van der Waals surface area (Å²) >= 11 is 0. The number of aromatic nitrogens is 1. The summed E-state index contributed by atoms with van der Waals surface area (Å²) in [6, 6.07) is 14.3. The summed E-state index contributed by atoms with van der Waals surface area (Å²) < 4.78 is 0. The maximum atomic E-state index is 12.1. The third-order valence-corrected chi connectivity index (χ3v) is 4.25. The van der Waals surface area contributed by atoms with E-state index in [9.17, 15) is 4.79 Å². The highest BCUT2D eigenvalue weighted by molar-refractivity contribution is 5.78. The van der Waals surface area contributed by atoms with Gasteiger partial charge in [-0.1, -0.05) is 48.0 Å². The fraction of sp³-hybridized carbons (Fsp3) is 0.300. The summed E-state index contributed by atoms with van der Waals surface area (Å²) in [7, 11) is 0. The van der Waals surface area contributed by atoms with Gasteiger partial charge in [0.1, 0.15) is 0 Å². The van der Waals surface area contributed by atoms with Crippen molar-refractivity contribution in [3.8, 4) is 0 Å². The fourth-order valence-electron chi connectivity index (χ4n) is 2.89. The molecule has 1 N–H and O–H groups in total. The molecule has 24 heavy (non-hydrogen) atoms. The van der Waals surface area contributed by atoms with Crippen molar-refractivity contribution in [2.75, 3.05) is 19.6 Å². The maximum absolute atomic E-state index is 12.1. The van der Waals surface area contributed by atoms with Gasteiger partial charge in [0.25, 0.3) is 0 Å². The first-order chi connectivity index (χ1) is 11.8. The summed E-state index contributed by atoms with van der Waals surface area (Å²) in [6.07, 6.45) is 7.86. The van der Waals surface area contributed by atoms with Gasteiger partial charge >= 0.3 is 0 Å². The summed E-state index contributed by atoms with van der Waals surface area (Å²) in [5.74, 6) is 0.0781. The molecule has 3 rings (SSSR count). The third kappa shape index (κ3) is 5.03. The number of amides is 1. The summed E-state index contributed by atoms with van der Waals surface area (Å²) in [6.45, 7) is 2.90. The number of nitrogens with one attached hydrogen (secondary N) is 1. The van der Waals surface area contributed by atoms with Crippen LogP contribution in [0.5, 0.6) is 0 Å². The number of carbonyl (C=O) groups excluding carboxylic acids is 1. The number of benzene rings is 1. The molecule has 0 radical (unpaired) electrons. The highest BCUT2D eigenvalue weighted by Gasteiger charge is 2.16. The molecular weight excluding hydrogens is 298 g/mol. The second-order valence-electron chi connectivity index (χ2n) is 6.13. The second kappa shape index (κ2) is 8.41. The third-order valence-electron chi connectivity index (χ3n) is 4.25. The quantitative estimate of drug-likeness (QED) is 0.921. The number of carbonyl (C=O) groups is 1. The van der Waals surface area contributed by atoms with Crippen LogP contribution in [0.2, 0.25) is 0 Å². The van der Waals surface area contributed by atoms with Crippen molar-refractivity contribution >= 4 is 12.0 Å². The molecule has 0 saturated carbocycles. The first-order valence-electron chi connectivity index (χ1n) is 8.42. The number of piperidine rings is 1. The Bertz CT molecular complexity index is 673. The first kappa shape index (κ1) is 16.4. The van der Waals surface area contributed by atoms with Crippen LogP contribution < -0.4 is 5.32 Å². The number of hydrogen-bond donors (Lipinski definition) is 1. The zero-order valence-electron chi connectivity index (χ0n) is 13.8. The number of hydrogen-bond acceptors (Lipinski definition) is 3. The van der Waals surface area contributed by atoms with Crippen LogP contribution in [0.15, 0.2) is 60.4 Å². The standard InChI is InChI=1S/C20H23N3O/c24-20(22-15-19-7-4-10-21-14-19)16-23-11-8-18(9-12-23)13-17-5-2-1-3-6-17/h1-7,10,13-14H,8-9,11-12,15-16H2,(H,22,24). The van der Waals surface area contributed by atoms with Crippen molar-refractivity contribution in [2.45, 2.75) is 19.4 Å². The minimum atomic E-state index is 0.0781. The van der Waals surface area contributed by atoms with Crippen LogP contribution in [-0.2, 0) is 11.3 Å². The lowest BCUT2D eigenvalue weighted by Crippen LogP contribution is -2.40. The number of nitrogens with zero attached hydrogens (tertiary/aromatic N) is 2. The maximum Gasteiger partial charge on any atom is 0.234 e. The molecule has 0 aliphatic carbocycles. The topological polar surface area (TPSA) is 45.2 Å². The Morgan fingerprint density at radius 1 is 1.12 bits per heavy atom. The molecule has 4 heteroatoms. The zero-order chi connectivity index (χ0) is 16.6. The van der Waals surface area contributed by atoms with E-state index in [0.29, 0.717) is 13.1 Å². The van der Waals surface area contributed by atoms with E-state index >= 15 is 0 Å². The van der Waals surface area contributed by atoms with Crippen LogP contribution in [0.4, 0.5) is 0 Å². The predicted molar refractivity (Wildman–Crippen MR) is 96.2 cm³/mol. The highest BCUT2D eigenvalue weighted by atomic mass is 16.2. The highest BCUT2D eigenvalue weighted by Crippen LogP contribution is 2.19. The molecule has 1 aliphatic heterocycles. The van der Waals surface area contributed by atoms with Gasteiger partial charge in [0.15, 0.2) is 0 Å². The molecule has 124 valence electrons. The smallest absolute Gasteiger partial charge is 0.234 e. The van der Waals surface area contributed by atoms with E-state index in [-0.39, 0.29) is 5.91 Å². The van der Waals surface area contributed by atoms with E-state index in [4.69, 9.17) is 0 Å². The van der Waals surface area contributed by atoms with Gasteiger partial charge < -0.3 is 5.32 Å². The largest absolute Gasteiger partial charge is 0.351 e. The molecule has 2 heterocycles. The van der Waals surface area contributed by atoms with Crippen molar-refractivity contribution in [3.05, 3.63) is 71.6 Å². The molecule has 1 fully saturated rings. The molecule has 1 aromatic heterocycles. The van der Waals surface area contributed by atoms with Crippen LogP contribution in [0.1, 0.15) is 24.0 Å². The second-order valence-corrected chi connectivity index (χ2v) is 6.13. The van der Waals surface area contributed by atoms with Crippen LogP contribution in [0, 0.1) is 0 Å². The molecule has 1 amide bonds. The molecule has 1 saturated heterocycles. The Kier molecular flexibility index (Phi) is 5.75. The van der Waals surface area contributed by atoms with E-state index in [2.05, 4.69) is 45.5 Å². The first-order valence-corrected chi connectivity index (χ1v) is 8.42. The van der Waals surface area contributed by atoms with Crippen molar-refractivity contribution in [3.63, 3.8) is 0 Å². The van der Waals surface area contributed by atoms with E-state index in [1.165, 1.54) is 11.1 Å². The van der Waals surface area contributed by atoms with Gasteiger partial charge in [0.2, 0.25) is 5.91 Å². The van der Waals surface area contributed by atoms with Crippen LogP contribution in [0.3, 0.4) is 0 Å². The lowest BCUT2D eigenvalue weighted by atomic mass is 10.0. The Hall–Kier alpha value is -2.46. The van der Waals surface area contributed by atoms with Crippen LogP contribution in [-0.4, -0.2) is 35.4 Å². The van der Waals surface area contributed by atoms with Gasteiger partial charge in [-0.15, -0.1) is 0 Å². The van der Waals surface area contributed by atoms with Crippen molar-refractivity contribution in [1.82, 2.24) is 15.2 Å². The molecule has 1 aliphatic rings. The number of likely N-dealkylation sites (tertiary alicyclic amines) is 1. The van der Waals surface area contributed by atoms with Gasteiger partial charge in [0.05, 0.1) is 6.54 Å². The van der Waals surface area contributed by atoms with Crippen LogP contribution in [0.25, 0.3) is 6.08 Å². The molecule has 4 nitrogen and oxygen atoms in total. The van der Waals surface area contributed by atoms with Gasteiger partial charge in [-0.25, -0.2) is 0 Å². The van der Waals surface area contributed by atoms with Gasteiger partial charge in [0, 0.05) is 32.0 Å². The summed E-state index contributed by atoms with van der Waals surface area (Å²) in [5.41, 5.74) is 3.75. The minimum Gasteiger partial charge on any atom is -0.351 e. The molecular formula is C20H23N3O. The van der Waals surface area contributed by atoms with E-state index < -0.39 is 0 Å². The zero-order valence-corrected chi connectivity index (χ0v) is 13.8. The molecule has 1 aromatic carbocycles. The minimum absolute atomic E-state index is 0.0781. The van der Waals surface area contributed by atoms with E-state index in [0.717, 1.165) is 31.5 Å². The Labute approximate surface area is 143 Å². The number of pyridine rings is 1. The number of rotatable bonds is 5. The summed E-state index contributed by atoms with van der Waals surface area (Å²) in [5, 5.41) is 2.96. The molecule has 0 unspecified atom stereocenters. The van der Waals surface area contributed by atoms with Gasteiger partial charge in [-0.2, -0.15) is 0 Å². The van der Waals surface area contributed by atoms with Crippen LogP contribution >= 0.6 is 0 Å². The van der Waals surface area contributed by atoms with Gasteiger partial charge in [-0.05, 0) is 30.0 Å². The molecule has 2 aromatic rings. The van der Waals surface area contributed by atoms with E-state index in [1.807, 2.05) is 18.2 Å². The Balaban J connectivity index is 1.42. The lowest BCUT2D eigenvalue weighted by molar-refractivity contribution is -0.122.